The molecule has 2 aromatic rings. The molecule has 1 amide bonds. The molecule has 0 aliphatic carbocycles. The Morgan fingerprint density at radius 2 is 1.73 bits per heavy atom. The molecule has 7 heteroatoms. The lowest BCUT2D eigenvalue weighted by Crippen LogP contribution is -2.27. The van der Waals surface area contributed by atoms with Crippen LogP contribution in [-0.4, -0.2) is 30.8 Å². The van der Waals surface area contributed by atoms with E-state index in [1.807, 2.05) is 6.92 Å². The summed E-state index contributed by atoms with van der Waals surface area (Å²) in [4.78, 5) is 35.2. The zero-order valence-electron chi connectivity index (χ0n) is 14.1. The summed E-state index contributed by atoms with van der Waals surface area (Å²) in [5.41, 5.74) is 1.12. The van der Waals surface area contributed by atoms with Crippen LogP contribution in [0.4, 0.5) is 8.78 Å². The SMILES string of the molecule is Cc1ccc(C(=O)COC(=O)CCNC(=O)c2ccc(F)cc2F)cc1. The van der Waals surface area contributed by atoms with Gasteiger partial charge in [-0.25, -0.2) is 8.78 Å². The molecule has 0 unspecified atom stereocenters. The maximum Gasteiger partial charge on any atom is 0.308 e. The van der Waals surface area contributed by atoms with Gasteiger partial charge >= 0.3 is 5.97 Å². The van der Waals surface area contributed by atoms with E-state index >= 15 is 0 Å². The number of benzene rings is 2. The number of carbonyl (C=O) groups is 3. The Balaban J connectivity index is 1.74. The molecule has 0 spiro atoms. The largest absolute Gasteiger partial charge is 0.457 e. The minimum absolute atomic E-state index is 0.104. The highest BCUT2D eigenvalue weighted by Gasteiger charge is 2.14. The quantitative estimate of drug-likeness (QED) is 0.608. The molecule has 0 aromatic heterocycles. The predicted octanol–water partition coefficient (Wildman–Crippen LogP) is 2.82. The van der Waals surface area contributed by atoms with E-state index in [2.05, 4.69) is 5.32 Å². The molecule has 0 heterocycles. The van der Waals surface area contributed by atoms with Gasteiger partial charge in [-0.1, -0.05) is 29.8 Å². The van der Waals surface area contributed by atoms with E-state index in [0.717, 1.165) is 17.7 Å². The minimum atomic E-state index is -0.992. The molecule has 0 bridgehead atoms. The summed E-state index contributed by atoms with van der Waals surface area (Å²) in [7, 11) is 0. The summed E-state index contributed by atoms with van der Waals surface area (Å²) in [5.74, 6) is -3.57. The maximum atomic E-state index is 13.5. The molecule has 0 saturated heterocycles. The van der Waals surface area contributed by atoms with Gasteiger partial charge in [0.1, 0.15) is 11.6 Å². The molecular weight excluding hydrogens is 344 g/mol. The van der Waals surface area contributed by atoms with Crippen LogP contribution in [0, 0.1) is 18.6 Å². The summed E-state index contributed by atoms with van der Waals surface area (Å²) in [6, 6.07) is 9.41. The third kappa shape index (κ3) is 5.47. The molecule has 0 saturated carbocycles. The van der Waals surface area contributed by atoms with E-state index in [0.29, 0.717) is 11.6 Å². The van der Waals surface area contributed by atoms with Crippen LogP contribution in [0.15, 0.2) is 42.5 Å². The zero-order valence-corrected chi connectivity index (χ0v) is 14.1. The van der Waals surface area contributed by atoms with Crippen molar-refractivity contribution in [3.63, 3.8) is 0 Å². The van der Waals surface area contributed by atoms with Crippen LogP contribution in [-0.2, 0) is 9.53 Å². The van der Waals surface area contributed by atoms with E-state index in [1.54, 1.807) is 24.3 Å². The van der Waals surface area contributed by atoms with Crippen molar-refractivity contribution in [2.75, 3.05) is 13.2 Å². The number of aryl methyl sites for hydroxylation is 1. The molecule has 26 heavy (non-hydrogen) atoms. The van der Waals surface area contributed by atoms with Crippen molar-refractivity contribution in [3.8, 4) is 0 Å². The summed E-state index contributed by atoms with van der Waals surface area (Å²) in [6.45, 7) is 1.38. The lowest BCUT2D eigenvalue weighted by molar-refractivity contribution is -0.142. The number of hydrogen-bond donors (Lipinski definition) is 1. The molecule has 0 aliphatic heterocycles. The average Bonchev–Trinajstić information content (AvgIpc) is 2.60. The molecule has 136 valence electrons. The first-order chi connectivity index (χ1) is 12.4. The van der Waals surface area contributed by atoms with Crippen LogP contribution >= 0.6 is 0 Å². The normalized spacial score (nSPS) is 10.3. The van der Waals surface area contributed by atoms with Gasteiger partial charge < -0.3 is 10.1 Å². The van der Waals surface area contributed by atoms with Gasteiger partial charge in [-0.3, -0.25) is 14.4 Å². The number of halogens is 2. The van der Waals surface area contributed by atoms with Crippen LogP contribution in [0.1, 0.15) is 32.7 Å². The van der Waals surface area contributed by atoms with Gasteiger partial charge in [-0.05, 0) is 19.1 Å². The Labute approximate surface area is 149 Å². The monoisotopic (exact) mass is 361 g/mol. The van der Waals surface area contributed by atoms with E-state index in [4.69, 9.17) is 4.74 Å². The Hall–Kier alpha value is -3.09. The van der Waals surface area contributed by atoms with Gasteiger partial charge in [0.25, 0.3) is 5.91 Å². The molecule has 0 fully saturated rings. The molecule has 2 rings (SSSR count). The second-order valence-corrected chi connectivity index (χ2v) is 5.58. The standard InChI is InChI=1S/C19H17F2NO4/c1-12-2-4-13(5-3-12)17(23)11-26-18(24)8-9-22-19(25)15-7-6-14(20)10-16(15)21/h2-7,10H,8-9,11H2,1H3,(H,22,25). The maximum absolute atomic E-state index is 13.5. The number of ether oxygens (including phenoxy) is 1. The molecule has 1 N–H and O–H groups in total. The molecule has 0 atom stereocenters. The first-order valence-electron chi connectivity index (χ1n) is 7.85. The van der Waals surface area contributed by atoms with Crippen LogP contribution in [0.2, 0.25) is 0 Å². The number of hydrogen-bond acceptors (Lipinski definition) is 4. The second kappa shape index (κ2) is 8.84. The summed E-state index contributed by atoms with van der Waals surface area (Å²) < 4.78 is 31.1. The van der Waals surface area contributed by atoms with Crippen LogP contribution in [0.5, 0.6) is 0 Å². The highest BCUT2D eigenvalue weighted by atomic mass is 19.1. The lowest BCUT2D eigenvalue weighted by Gasteiger charge is -2.07. The number of Topliss-reactive ketones (excluding diaryl/α,β-unsaturated/α-hetero) is 1. The van der Waals surface area contributed by atoms with Crippen molar-refractivity contribution in [1.29, 1.82) is 0 Å². The van der Waals surface area contributed by atoms with E-state index in [-0.39, 0.29) is 24.3 Å². The van der Waals surface area contributed by atoms with Crippen molar-refractivity contribution < 1.29 is 27.9 Å². The van der Waals surface area contributed by atoms with Crippen LogP contribution in [0.3, 0.4) is 0 Å². The van der Waals surface area contributed by atoms with E-state index < -0.39 is 30.1 Å². The molecule has 0 radical (unpaired) electrons. The topological polar surface area (TPSA) is 72.5 Å². The fourth-order valence-corrected chi connectivity index (χ4v) is 2.09. The third-order valence-corrected chi connectivity index (χ3v) is 3.53. The first-order valence-corrected chi connectivity index (χ1v) is 7.85. The molecule has 2 aromatic carbocycles. The molecule has 0 aliphatic rings. The fourth-order valence-electron chi connectivity index (χ4n) is 2.09. The number of carbonyl (C=O) groups excluding carboxylic acids is 3. The van der Waals surface area contributed by atoms with E-state index in [9.17, 15) is 23.2 Å². The Bertz CT molecular complexity index is 819. The fraction of sp³-hybridized carbons (Fsp3) is 0.211. The highest BCUT2D eigenvalue weighted by Crippen LogP contribution is 2.09. The van der Waals surface area contributed by atoms with Gasteiger partial charge in [0, 0.05) is 18.2 Å². The smallest absolute Gasteiger partial charge is 0.308 e. The first kappa shape index (κ1) is 19.2. The van der Waals surface area contributed by atoms with Crippen molar-refractivity contribution in [1.82, 2.24) is 5.32 Å². The highest BCUT2D eigenvalue weighted by molar-refractivity contribution is 5.98. The molecular formula is C19H17F2NO4. The lowest BCUT2D eigenvalue weighted by atomic mass is 10.1. The van der Waals surface area contributed by atoms with Gasteiger partial charge in [-0.15, -0.1) is 0 Å². The average molecular weight is 361 g/mol. The van der Waals surface area contributed by atoms with Crippen LogP contribution in [0.25, 0.3) is 0 Å². The van der Waals surface area contributed by atoms with Crippen molar-refractivity contribution in [3.05, 3.63) is 70.8 Å². The van der Waals surface area contributed by atoms with Gasteiger partial charge in [0.05, 0.1) is 12.0 Å². The second-order valence-electron chi connectivity index (χ2n) is 5.58. The van der Waals surface area contributed by atoms with Gasteiger partial charge in [-0.2, -0.15) is 0 Å². The predicted molar refractivity (Wildman–Crippen MR) is 89.8 cm³/mol. The minimum Gasteiger partial charge on any atom is -0.457 e. The van der Waals surface area contributed by atoms with Crippen molar-refractivity contribution in [2.24, 2.45) is 0 Å². The van der Waals surface area contributed by atoms with E-state index in [1.165, 1.54) is 0 Å². The van der Waals surface area contributed by atoms with Crippen LogP contribution < -0.4 is 5.32 Å². The summed E-state index contributed by atoms with van der Waals surface area (Å²) in [5, 5.41) is 2.33. The Morgan fingerprint density at radius 3 is 2.38 bits per heavy atom. The third-order valence-electron chi connectivity index (χ3n) is 3.53. The van der Waals surface area contributed by atoms with Crippen molar-refractivity contribution >= 4 is 17.7 Å². The number of esters is 1. The van der Waals surface area contributed by atoms with Gasteiger partial charge in [0.15, 0.2) is 12.4 Å². The number of ketones is 1. The molecule has 5 nitrogen and oxygen atoms in total. The van der Waals surface area contributed by atoms with Crippen molar-refractivity contribution in [2.45, 2.75) is 13.3 Å². The Morgan fingerprint density at radius 1 is 1.04 bits per heavy atom. The number of amides is 1. The number of nitrogens with one attached hydrogen (secondary N) is 1. The number of rotatable bonds is 7. The zero-order chi connectivity index (χ0) is 19.1. The summed E-state index contributed by atoms with van der Waals surface area (Å²) in [6.07, 6.45) is -0.185. The summed E-state index contributed by atoms with van der Waals surface area (Å²) >= 11 is 0. The van der Waals surface area contributed by atoms with Gasteiger partial charge in [0.2, 0.25) is 0 Å². The Kier molecular flexibility index (Phi) is 6.54.